The second kappa shape index (κ2) is 7.95. The molecule has 1 unspecified atom stereocenters. The molecule has 0 bridgehead atoms. The number of carbonyl (C=O) groups excluding carboxylic acids is 2. The molecular formula is C25H22N2O3. The van der Waals surface area contributed by atoms with Crippen LogP contribution in [0.5, 0.6) is 0 Å². The predicted molar refractivity (Wildman–Crippen MR) is 116 cm³/mol. The highest BCUT2D eigenvalue weighted by molar-refractivity contribution is 6.51. The van der Waals surface area contributed by atoms with Crippen LogP contribution >= 0.6 is 0 Å². The third kappa shape index (κ3) is 3.39. The first kappa shape index (κ1) is 19.6. The monoisotopic (exact) mass is 398 g/mol. The van der Waals surface area contributed by atoms with Gasteiger partial charge in [0.2, 0.25) is 0 Å². The highest BCUT2D eigenvalue weighted by atomic mass is 16.3. The molecule has 0 spiro atoms. The van der Waals surface area contributed by atoms with E-state index in [0.29, 0.717) is 17.3 Å². The summed E-state index contributed by atoms with van der Waals surface area (Å²) in [7, 11) is 0. The van der Waals surface area contributed by atoms with Crippen molar-refractivity contribution in [3.05, 3.63) is 101 Å². The molecule has 0 aliphatic carbocycles. The van der Waals surface area contributed by atoms with E-state index in [1.165, 1.54) is 4.90 Å². The summed E-state index contributed by atoms with van der Waals surface area (Å²) in [4.78, 5) is 31.7. The summed E-state index contributed by atoms with van der Waals surface area (Å²) in [6.45, 7) is 4.20. The van der Waals surface area contributed by atoms with E-state index in [9.17, 15) is 14.7 Å². The quantitative estimate of drug-likeness (QED) is 0.388. The number of ketones is 1. The van der Waals surface area contributed by atoms with Crippen LogP contribution in [0.1, 0.15) is 42.5 Å². The molecule has 1 aliphatic heterocycles. The van der Waals surface area contributed by atoms with Crippen LogP contribution in [-0.4, -0.2) is 21.8 Å². The van der Waals surface area contributed by atoms with Crippen LogP contribution in [0.3, 0.4) is 0 Å². The Morgan fingerprint density at radius 3 is 2.20 bits per heavy atom. The molecule has 3 aromatic rings. The van der Waals surface area contributed by atoms with Crippen molar-refractivity contribution in [2.45, 2.75) is 25.8 Å². The van der Waals surface area contributed by atoms with Crippen LogP contribution in [0, 0.1) is 0 Å². The van der Waals surface area contributed by atoms with Crippen LogP contribution in [0.15, 0.2) is 84.6 Å². The van der Waals surface area contributed by atoms with Crippen LogP contribution in [0.4, 0.5) is 5.82 Å². The van der Waals surface area contributed by atoms with Crippen molar-refractivity contribution in [2.75, 3.05) is 4.90 Å². The molecule has 5 heteroatoms. The maximum atomic E-state index is 13.0. The van der Waals surface area contributed by atoms with Gasteiger partial charge < -0.3 is 5.11 Å². The molecule has 2 aromatic carbocycles. The molecule has 5 nitrogen and oxygen atoms in total. The summed E-state index contributed by atoms with van der Waals surface area (Å²) in [5, 5.41) is 11.0. The normalized spacial score (nSPS) is 18.2. The van der Waals surface area contributed by atoms with E-state index >= 15 is 0 Å². The van der Waals surface area contributed by atoms with Gasteiger partial charge in [-0.3, -0.25) is 14.5 Å². The summed E-state index contributed by atoms with van der Waals surface area (Å²) in [5.74, 6) is -0.899. The summed E-state index contributed by atoms with van der Waals surface area (Å²) in [6.07, 6.45) is 1.57. The molecule has 1 aromatic heterocycles. The molecule has 4 rings (SSSR count). The molecule has 0 saturated carbocycles. The Kier molecular flexibility index (Phi) is 5.19. The molecule has 1 aliphatic rings. The molecule has 1 atom stereocenters. The summed E-state index contributed by atoms with van der Waals surface area (Å²) in [6, 6.07) is 21.0. The lowest BCUT2D eigenvalue weighted by Gasteiger charge is -2.24. The molecule has 1 fully saturated rings. The average Bonchev–Trinajstić information content (AvgIpc) is 3.05. The van der Waals surface area contributed by atoms with Crippen LogP contribution in [0.2, 0.25) is 0 Å². The molecule has 30 heavy (non-hydrogen) atoms. The second-order valence-corrected chi connectivity index (χ2v) is 7.54. The van der Waals surface area contributed by atoms with Gasteiger partial charge in [-0.1, -0.05) is 74.5 Å². The van der Waals surface area contributed by atoms with Crippen molar-refractivity contribution in [1.82, 2.24) is 4.98 Å². The van der Waals surface area contributed by atoms with Crippen LogP contribution in [0.25, 0.3) is 5.76 Å². The Labute approximate surface area is 175 Å². The molecule has 1 N–H and O–H groups in total. The van der Waals surface area contributed by atoms with E-state index in [0.717, 1.165) is 11.1 Å². The minimum absolute atomic E-state index is 0.0640. The first-order valence-corrected chi connectivity index (χ1v) is 9.86. The number of pyridine rings is 1. The minimum Gasteiger partial charge on any atom is -0.507 e. The van der Waals surface area contributed by atoms with Gasteiger partial charge in [0.25, 0.3) is 5.78 Å². The minimum atomic E-state index is -0.763. The number of rotatable bonds is 4. The van der Waals surface area contributed by atoms with Crippen molar-refractivity contribution in [3.63, 3.8) is 0 Å². The number of hydrogen-bond acceptors (Lipinski definition) is 4. The summed E-state index contributed by atoms with van der Waals surface area (Å²) < 4.78 is 0. The second-order valence-electron chi connectivity index (χ2n) is 7.54. The molecule has 2 heterocycles. The lowest BCUT2D eigenvalue weighted by molar-refractivity contribution is -0.132. The number of amides is 1. The molecule has 0 radical (unpaired) electrons. The maximum Gasteiger partial charge on any atom is 0.301 e. The van der Waals surface area contributed by atoms with Gasteiger partial charge in [-0.25, -0.2) is 4.98 Å². The smallest absolute Gasteiger partial charge is 0.301 e. The molecule has 150 valence electrons. The molecule has 1 saturated heterocycles. The van der Waals surface area contributed by atoms with E-state index < -0.39 is 17.7 Å². The van der Waals surface area contributed by atoms with Crippen LogP contribution < -0.4 is 4.90 Å². The Morgan fingerprint density at radius 2 is 1.60 bits per heavy atom. The summed E-state index contributed by atoms with van der Waals surface area (Å²) in [5.41, 5.74) is 2.44. The SMILES string of the molecule is CC(C)c1ccc(C2C(=C(O)c3ccccc3)C(=O)C(=O)N2c2ccccn2)cc1. The Balaban J connectivity index is 1.92. The van der Waals surface area contributed by atoms with E-state index in [1.807, 2.05) is 30.3 Å². The number of aliphatic hydroxyl groups is 1. The van der Waals surface area contributed by atoms with E-state index in [-0.39, 0.29) is 11.3 Å². The van der Waals surface area contributed by atoms with Crippen molar-refractivity contribution in [3.8, 4) is 0 Å². The van der Waals surface area contributed by atoms with Gasteiger partial charge in [0.15, 0.2) is 0 Å². The standard InChI is InChI=1S/C25H22N2O3/c1-16(2)17-11-13-18(14-12-17)22-21(23(28)19-8-4-3-5-9-19)24(29)25(30)27(22)20-10-6-7-15-26-20/h3-16,22,28H,1-2H3. The molecular weight excluding hydrogens is 376 g/mol. The zero-order valence-corrected chi connectivity index (χ0v) is 16.8. The first-order chi connectivity index (χ1) is 14.5. The van der Waals surface area contributed by atoms with Crippen molar-refractivity contribution >= 4 is 23.3 Å². The van der Waals surface area contributed by atoms with E-state index in [1.54, 1.807) is 48.7 Å². The zero-order valence-electron chi connectivity index (χ0n) is 16.8. The Hall–Kier alpha value is -3.73. The van der Waals surface area contributed by atoms with Crippen molar-refractivity contribution in [1.29, 1.82) is 0 Å². The highest BCUT2D eigenvalue weighted by Gasteiger charge is 2.47. The number of Topliss-reactive ketones (excluding diaryl/α,β-unsaturated/α-hetero) is 1. The number of benzene rings is 2. The third-order valence-electron chi connectivity index (χ3n) is 5.31. The zero-order chi connectivity index (χ0) is 21.3. The van der Waals surface area contributed by atoms with Crippen LogP contribution in [-0.2, 0) is 9.59 Å². The predicted octanol–water partition coefficient (Wildman–Crippen LogP) is 4.83. The molecule has 1 amide bonds. The number of aliphatic hydroxyl groups excluding tert-OH is 1. The van der Waals surface area contributed by atoms with E-state index in [4.69, 9.17) is 0 Å². The van der Waals surface area contributed by atoms with Crippen molar-refractivity contribution < 1.29 is 14.7 Å². The lowest BCUT2D eigenvalue weighted by atomic mass is 9.93. The lowest BCUT2D eigenvalue weighted by Crippen LogP contribution is -2.30. The van der Waals surface area contributed by atoms with E-state index in [2.05, 4.69) is 18.8 Å². The van der Waals surface area contributed by atoms with Crippen molar-refractivity contribution in [2.24, 2.45) is 0 Å². The van der Waals surface area contributed by atoms with Gasteiger partial charge in [0.1, 0.15) is 11.6 Å². The van der Waals surface area contributed by atoms with Gasteiger partial charge in [-0.15, -0.1) is 0 Å². The van der Waals surface area contributed by atoms with Gasteiger partial charge in [-0.05, 0) is 29.2 Å². The fraction of sp³-hybridized carbons (Fsp3) is 0.160. The Bertz CT molecular complexity index is 1100. The maximum absolute atomic E-state index is 13.0. The fourth-order valence-corrected chi connectivity index (χ4v) is 3.70. The van der Waals surface area contributed by atoms with Gasteiger partial charge in [0.05, 0.1) is 11.6 Å². The van der Waals surface area contributed by atoms with Gasteiger partial charge >= 0.3 is 5.91 Å². The average molecular weight is 398 g/mol. The third-order valence-corrected chi connectivity index (χ3v) is 5.31. The number of aromatic nitrogens is 1. The van der Waals surface area contributed by atoms with Gasteiger partial charge in [-0.2, -0.15) is 0 Å². The highest BCUT2D eigenvalue weighted by Crippen LogP contribution is 2.41. The fourth-order valence-electron chi connectivity index (χ4n) is 3.70. The number of anilines is 1. The largest absolute Gasteiger partial charge is 0.507 e. The summed E-state index contributed by atoms with van der Waals surface area (Å²) >= 11 is 0. The topological polar surface area (TPSA) is 70.5 Å². The number of carbonyl (C=O) groups is 2. The first-order valence-electron chi connectivity index (χ1n) is 9.86. The van der Waals surface area contributed by atoms with Gasteiger partial charge in [0, 0.05) is 11.8 Å². The Morgan fingerprint density at radius 1 is 0.933 bits per heavy atom. The number of nitrogens with zero attached hydrogens (tertiary/aromatic N) is 2. The number of hydrogen-bond donors (Lipinski definition) is 1.